The Kier molecular flexibility index (Phi) is 4.00. The Morgan fingerprint density at radius 3 is 2.61 bits per heavy atom. The Morgan fingerprint density at radius 1 is 1.11 bits per heavy atom. The molecule has 3 N–H and O–H groups in total. The highest BCUT2D eigenvalue weighted by Crippen LogP contribution is 2.22. The minimum atomic E-state index is -0.444. The predicted octanol–water partition coefficient (Wildman–Crippen LogP) is 3.76. The van der Waals surface area contributed by atoms with E-state index in [1.165, 1.54) is 6.07 Å². The van der Waals surface area contributed by atoms with Gasteiger partial charge in [-0.15, -0.1) is 0 Å². The van der Waals surface area contributed by atoms with Crippen LogP contribution in [0, 0.1) is 15.2 Å². The number of nitrogens with one attached hydrogen (secondary N) is 1. The van der Waals surface area contributed by atoms with Crippen LogP contribution in [0.4, 0.5) is 20.2 Å². The fourth-order valence-corrected chi connectivity index (χ4v) is 2.27. The van der Waals surface area contributed by atoms with Crippen LogP contribution in [-0.4, -0.2) is 0 Å². The van der Waals surface area contributed by atoms with Crippen LogP contribution in [0.5, 0.6) is 0 Å². The van der Waals surface area contributed by atoms with Gasteiger partial charge in [0.1, 0.15) is 11.6 Å². The van der Waals surface area contributed by atoms with E-state index in [2.05, 4.69) is 27.9 Å². The maximum atomic E-state index is 13.4. The van der Waals surface area contributed by atoms with E-state index in [9.17, 15) is 8.78 Å². The van der Waals surface area contributed by atoms with E-state index in [0.29, 0.717) is 11.3 Å². The second-order valence-corrected chi connectivity index (χ2v) is 4.99. The minimum absolute atomic E-state index is 0.226. The third kappa shape index (κ3) is 3.10. The van der Waals surface area contributed by atoms with Crippen LogP contribution in [0.2, 0.25) is 0 Å². The summed E-state index contributed by atoms with van der Waals surface area (Å²) in [7, 11) is 0. The molecule has 0 aliphatic heterocycles. The third-order valence-corrected chi connectivity index (χ3v) is 3.36. The number of rotatable bonds is 3. The molecule has 0 heterocycles. The minimum Gasteiger partial charge on any atom is -0.399 e. The van der Waals surface area contributed by atoms with E-state index >= 15 is 0 Å². The second-order valence-electron chi connectivity index (χ2n) is 3.83. The molecule has 0 aliphatic carbocycles. The van der Waals surface area contributed by atoms with Gasteiger partial charge in [-0.1, -0.05) is 0 Å². The van der Waals surface area contributed by atoms with Crippen molar-refractivity contribution in [1.82, 2.24) is 0 Å². The SMILES string of the molecule is Nc1ccc(NCc2cc(F)ccc2F)c(I)c1. The van der Waals surface area contributed by atoms with E-state index in [-0.39, 0.29) is 6.54 Å². The summed E-state index contributed by atoms with van der Waals surface area (Å²) >= 11 is 2.13. The lowest BCUT2D eigenvalue weighted by atomic mass is 10.2. The zero-order valence-electron chi connectivity index (χ0n) is 9.38. The van der Waals surface area contributed by atoms with Crippen LogP contribution in [-0.2, 0) is 6.54 Å². The number of hydrogen-bond donors (Lipinski definition) is 2. The molecule has 5 heteroatoms. The van der Waals surface area contributed by atoms with Crippen molar-refractivity contribution in [3.63, 3.8) is 0 Å². The average Bonchev–Trinajstić information content (AvgIpc) is 2.32. The first-order chi connectivity index (χ1) is 8.56. The van der Waals surface area contributed by atoms with Gasteiger partial charge in [-0.2, -0.15) is 0 Å². The molecule has 2 rings (SSSR count). The van der Waals surface area contributed by atoms with Crippen molar-refractivity contribution in [2.45, 2.75) is 6.54 Å². The Morgan fingerprint density at radius 2 is 1.89 bits per heavy atom. The fourth-order valence-electron chi connectivity index (χ4n) is 1.54. The highest BCUT2D eigenvalue weighted by atomic mass is 127. The molecule has 0 aliphatic rings. The van der Waals surface area contributed by atoms with Gasteiger partial charge in [0.25, 0.3) is 0 Å². The van der Waals surface area contributed by atoms with Crippen molar-refractivity contribution < 1.29 is 8.78 Å². The van der Waals surface area contributed by atoms with Crippen LogP contribution >= 0.6 is 22.6 Å². The monoisotopic (exact) mass is 360 g/mol. The van der Waals surface area contributed by atoms with Gasteiger partial charge >= 0.3 is 0 Å². The van der Waals surface area contributed by atoms with Gasteiger partial charge in [0.2, 0.25) is 0 Å². The molecule has 0 fully saturated rings. The molecule has 0 radical (unpaired) electrons. The normalized spacial score (nSPS) is 10.4. The quantitative estimate of drug-likeness (QED) is 0.646. The molecule has 0 amide bonds. The fraction of sp³-hybridized carbons (Fsp3) is 0.0769. The topological polar surface area (TPSA) is 38.0 Å². The lowest BCUT2D eigenvalue weighted by molar-refractivity contribution is 0.587. The van der Waals surface area contributed by atoms with Gasteiger partial charge in [0.05, 0.1) is 0 Å². The number of nitrogen functional groups attached to an aromatic ring is 1. The first-order valence-corrected chi connectivity index (χ1v) is 6.37. The van der Waals surface area contributed by atoms with Crippen LogP contribution < -0.4 is 11.1 Å². The average molecular weight is 360 g/mol. The van der Waals surface area contributed by atoms with E-state index in [1.807, 2.05) is 12.1 Å². The van der Waals surface area contributed by atoms with Crippen LogP contribution in [0.1, 0.15) is 5.56 Å². The van der Waals surface area contributed by atoms with Crippen molar-refractivity contribution in [1.29, 1.82) is 0 Å². The highest BCUT2D eigenvalue weighted by molar-refractivity contribution is 14.1. The van der Waals surface area contributed by atoms with E-state index in [1.54, 1.807) is 6.07 Å². The van der Waals surface area contributed by atoms with Crippen LogP contribution in [0.15, 0.2) is 36.4 Å². The van der Waals surface area contributed by atoms with Crippen molar-refractivity contribution in [2.75, 3.05) is 11.1 Å². The molecule has 0 atom stereocenters. The molecular weight excluding hydrogens is 349 g/mol. The summed E-state index contributed by atoms with van der Waals surface area (Å²) in [6.07, 6.45) is 0. The largest absolute Gasteiger partial charge is 0.399 e. The van der Waals surface area contributed by atoms with Crippen molar-refractivity contribution in [3.05, 3.63) is 57.2 Å². The molecule has 2 aromatic carbocycles. The maximum Gasteiger partial charge on any atom is 0.128 e. The van der Waals surface area contributed by atoms with Gasteiger partial charge in [0.15, 0.2) is 0 Å². The molecule has 0 spiro atoms. The predicted molar refractivity (Wildman–Crippen MR) is 77.3 cm³/mol. The number of benzene rings is 2. The smallest absolute Gasteiger partial charge is 0.128 e. The molecule has 0 saturated heterocycles. The molecule has 2 nitrogen and oxygen atoms in total. The van der Waals surface area contributed by atoms with Crippen molar-refractivity contribution in [2.24, 2.45) is 0 Å². The Bertz CT molecular complexity index is 573. The molecule has 94 valence electrons. The zero-order valence-corrected chi connectivity index (χ0v) is 11.5. The Balaban J connectivity index is 2.13. The van der Waals surface area contributed by atoms with Gasteiger partial charge in [-0.25, -0.2) is 8.78 Å². The van der Waals surface area contributed by atoms with Gasteiger partial charge < -0.3 is 11.1 Å². The van der Waals surface area contributed by atoms with Gasteiger partial charge in [-0.3, -0.25) is 0 Å². The lowest BCUT2D eigenvalue weighted by Crippen LogP contribution is -2.04. The first kappa shape index (κ1) is 13.1. The molecule has 2 aromatic rings. The van der Waals surface area contributed by atoms with Gasteiger partial charge in [0, 0.05) is 27.1 Å². The van der Waals surface area contributed by atoms with E-state index in [4.69, 9.17) is 5.73 Å². The number of nitrogens with two attached hydrogens (primary N) is 1. The van der Waals surface area contributed by atoms with Crippen molar-refractivity contribution in [3.8, 4) is 0 Å². The van der Waals surface area contributed by atoms with E-state index in [0.717, 1.165) is 21.4 Å². The first-order valence-electron chi connectivity index (χ1n) is 5.29. The Labute approximate surface area is 117 Å². The summed E-state index contributed by atoms with van der Waals surface area (Å²) in [4.78, 5) is 0. The Hall–Kier alpha value is -1.37. The molecule has 0 aromatic heterocycles. The second kappa shape index (κ2) is 5.51. The zero-order chi connectivity index (χ0) is 13.1. The lowest BCUT2D eigenvalue weighted by Gasteiger charge is -2.10. The van der Waals surface area contributed by atoms with Crippen LogP contribution in [0.25, 0.3) is 0 Å². The maximum absolute atomic E-state index is 13.4. The summed E-state index contributed by atoms with van der Waals surface area (Å²) < 4.78 is 27.3. The number of hydrogen-bond acceptors (Lipinski definition) is 2. The number of anilines is 2. The number of halogens is 3. The van der Waals surface area contributed by atoms with Crippen LogP contribution in [0.3, 0.4) is 0 Å². The standard InChI is InChI=1S/C13H11F2IN2/c14-9-1-3-11(15)8(5-9)7-18-13-4-2-10(17)6-12(13)16/h1-6,18H,7,17H2. The summed E-state index contributed by atoms with van der Waals surface area (Å²) in [5.74, 6) is -0.866. The van der Waals surface area contributed by atoms with Gasteiger partial charge in [-0.05, 0) is 59.0 Å². The summed E-state index contributed by atoms with van der Waals surface area (Å²) in [6, 6.07) is 8.80. The third-order valence-electron chi connectivity index (χ3n) is 2.47. The molecule has 0 unspecified atom stereocenters. The van der Waals surface area contributed by atoms with Crippen molar-refractivity contribution >= 4 is 34.0 Å². The van der Waals surface area contributed by atoms with E-state index < -0.39 is 11.6 Å². The molecule has 0 saturated carbocycles. The molecule has 18 heavy (non-hydrogen) atoms. The molecular formula is C13H11F2IN2. The summed E-state index contributed by atoms with van der Waals surface area (Å²) in [5, 5.41) is 3.05. The summed E-state index contributed by atoms with van der Waals surface area (Å²) in [5.41, 5.74) is 7.44. The molecule has 0 bridgehead atoms. The summed E-state index contributed by atoms with van der Waals surface area (Å²) in [6.45, 7) is 0.226. The highest BCUT2D eigenvalue weighted by Gasteiger charge is 2.05.